The fraction of sp³-hybridized carbons (Fsp3) is 0.471. The molecule has 122 valence electrons. The van der Waals surface area contributed by atoms with Crippen molar-refractivity contribution in [1.82, 2.24) is 5.32 Å². The number of nitrogens with one attached hydrogen (secondary N) is 2. The van der Waals surface area contributed by atoms with Gasteiger partial charge in [0.1, 0.15) is 0 Å². The zero-order valence-corrected chi connectivity index (χ0v) is 13.5. The van der Waals surface area contributed by atoms with Gasteiger partial charge in [-0.2, -0.15) is 0 Å². The van der Waals surface area contributed by atoms with Crippen molar-refractivity contribution in [3.05, 3.63) is 23.8 Å². The van der Waals surface area contributed by atoms with Crippen molar-refractivity contribution in [1.29, 1.82) is 5.26 Å². The topological polar surface area (TPSA) is 85.2 Å². The van der Waals surface area contributed by atoms with Crippen LogP contribution in [-0.2, 0) is 15.0 Å². The van der Waals surface area contributed by atoms with Crippen LogP contribution in [0.15, 0.2) is 18.2 Å². The van der Waals surface area contributed by atoms with Crippen LogP contribution in [0.2, 0.25) is 12.6 Å². The smallest absolute Gasteiger partial charge is 0.271 e. The Morgan fingerprint density at radius 2 is 2.04 bits per heavy atom. The van der Waals surface area contributed by atoms with Gasteiger partial charge >= 0.3 is 0 Å². The number of fused-ring (bicyclic) bond motifs is 2. The third kappa shape index (κ3) is 2.25. The Kier molecular flexibility index (Phi) is 3.49. The summed E-state index contributed by atoms with van der Waals surface area (Å²) < 4.78 is 0. The summed E-state index contributed by atoms with van der Waals surface area (Å²) in [6, 6.07) is 6.18. The third-order valence-electron chi connectivity index (χ3n) is 5.61. The summed E-state index contributed by atoms with van der Waals surface area (Å²) in [6.45, 7) is 2.48. The number of carbonyl (C=O) groups excluding carboxylic acids is 2. The van der Waals surface area contributed by atoms with E-state index in [0.29, 0.717) is 19.4 Å². The number of anilines is 2. The van der Waals surface area contributed by atoms with E-state index in [4.69, 9.17) is 5.26 Å². The number of hydrogen-bond donors (Lipinski definition) is 2. The molecule has 0 radical (unpaired) electrons. The highest BCUT2D eigenvalue weighted by molar-refractivity contribution is 6.67. The Bertz CT molecular complexity index is 751. The molecule has 24 heavy (non-hydrogen) atoms. The predicted molar refractivity (Wildman–Crippen MR) is 92.2 cm³/mol. The maximum atomic E-state index is 12.4. The second kappa shape index (κ2) is 5.55. The van der Waals surface area contributed by atoms with Crippen LogP contribution < -0.4 is 15.5 Å². The van der Waals surface area contributed by atoms with Gasteiger partial charge in [0.25, 0.3) is 6.71 Å². The van der Waals surface area contributed by atoms with E-state index in [2.05, 4.69) is 33.6 Å². The van der Waals surface area contributed by atoms with E-state index in [1.165, 1.54) is 0 Å². The number of rotatable bonds is 1. The van der Waals surface area contributed by atoms with Gasteiger partial charge in [-0.15, -0.1) is 0 Å². The van der Waals surface area contributed by atoms with E-state index in [-0.39, 0.29) is 18.5 Å². The van der Waals surface area contributed by atoms with E-state index in [0.717, 1.165) is 42.7 Å². The molecule has 4 rings (SSSR count). The highest BCUT2D eigenvalue weighted by atomic mass is 16.2. The lowest BCUT2D eigenvalue weighted by molar-refractivity contribution is -0.137. The van der Waals surface area contributed by atoms with Gasteiger partial charge in [-0.3, -0.25) is 14.9 Å². The molecule has 1 atom stereocenters. The molecule has 1 unspecified atom stereocenters. The summed E-state index contributed by atoms with van der Waals surface area (Å²) >= 11 is 0. The zero-order chi connectivity index (χ0) is 16.7. The molecule has 1 spiro atoms. The van der Waals surface area contributed by atoms with Crippen molar-refractivity contribution in [3.8, 4) is 5.97 Å². The molecule has 2 saturated heterocycles. The largest absolute Gasteiger partial charge is 0.383 e. The van der Waals surface area contributed by atoms with Gasteiger partial charge in [0.05, 0.1) is 5.41 Å². The Morgan fingerprint density at radius 3 is 2.75 bits per heavy atom. The molecule has 0 saturated carbocycles. The van der Waals surface area contributed by atoms with Crippen molar-refractivity contribution in [2.24, 2.45) is 0 Å². The van der Waals surface area contributed by atoms with Crippen LogP contribution in [0, 0.1) is 11.2 Å². The van der Waals surface area contributed by atoms with Crippen molar-refractivity contribution < 1.29 is 9.59 Å². The van der Waals surface area contributed by atoms with E-state index in [1.807, 2.05) is 6.07 Å². The normalized spacial score (nSPS) is 26.0. The van der Waals surface area contributed by atoms with E-state index < -0.39 is 5.41 Å². The first-order valence-electron chi connectivity index (χ1n) is 8.50. The number of nitriles is 1. The van der Waals surface area contributed by atoms with Gasteiger partial charge in [0.15, 0.2) is 0 Å². The van der Waals surface area contributed by atoms with Crippen LogP contribution in [0.25, 0.3) is 0 Å². The first kappa shape index (κ1) is 15.1. The standard InChI is InChI=1S/C17H19BN4O2/c19-11-18-5-7-22(8-6-18)12-1-2-13-14(9-12)20-10-17(13)4-3-15(23)21-16(17)24/h1-2,9,20H,3-8,10H2,(H,21,23,24). The maximum Gasteiger partial charge on any atom is 0.271 e. The molecule has 2 amide bonds. The molecule has 1 aromatic carbocycles. The molecule has 3 aliphatic rings. The molecular formula is C17H19BN4O2. The second-order valence-electron chi connectivity index (χ2n) is 6.93. The molecule has 1 aromatic rings. The molecule has 0 bridgehead atoms. The van der Waals surface area contributed by atoms with Gasteiger partial charge in [-0.25, -0.2) is 5.26 Å². The average Bonchev–Trinajstić information content (AvgIpc) is 2.98. The van der Waals surface area contributed by atoms with Gasteiger partial charge in [-0.05, 0) is 36.8 Å². The van der Waals surface area contributed by atoms with Crippen molar-refractivity contribution in [2.75, 3.05) is 29.9 Å². The quantitative estimate of drug-likeness (QED) is 0.599. The molecule has 0 aromatic heterocycles. The lowest BCUT2D eigenvalue weighted by Crippen LogP contribution is -2.52. The fourth-order valence-electron chi connectivity index (χ4n) is 4.08. The van der Waals surface area contributed by atoms with Crippen molar-refractivity contribution in [2.45, 2.75) is 30.9 Å². The van der Waals surface area contributed by atoms with Crippen LogP contribution in [0.4, 0.5) is 11.4 Å². The van der Waals surface area contributed by atoms with Gasteiger partial charge < -0.3 is 10.2 Å². The van der Waals surface area contributed by atoms with Crippen LogP contribution >= 0.6 is 0 Å². The summed E-state index contributed by atoms with van der Waals surface area (Å²) in [5, 5.41) is 14.9. The second-order valence-corrected chi connectivity index (χ2v) is 6.93. The summed E-state index contributed by atoms with van der Waals surface area (Å²) in [5.74, 6) is 1.98. The molecule has 6 nitrogen and oxygen atoms in total. The van der Waals surface area contributed by atoms with Crippen LogP contribution in [0.5, 0.6) is 0 Å². The minimum atomic E-state index is -0.616. The predicted octanol–water partition coefficient (Wildman–Crippen LogP) is 1.16. The van der Waals surface area contributed by atoms with Crippen LogP contribution in [0.3, 0.4) is 0 Å². The molecule has 7 heteroatoms. The van der Waals surface area contributed by atoms with Gasteiger partial charge in [-0.1, -0.05) is 6.07 Å². The number of imide groups is 1. The minimum absolute atomic E-state index is 0.167. The van der Waals surface area contributed by atoms with Crippen LogP contribution in [-0.4, -0.2) is 38.2 Å². The maximum absolute atomic E-state index is 12.4. The number of benzene rings is 1. The number of hydrogen-bond acceptors (Lipinski definition) is 5. The molecule has 3 heterocycles. The zero-order valence-electron chi connectivity index (χ0n) is 13.5. The summed E-state index contributed by atoms with van der Waals surface area (Å²) in [5.41, 5.74) is 2.49. The average molecular weight is 322 g/mol. The summed E-state index contributed by atoms with van der Waals surface area (Å²) in [7, 11) is 0. The minimum Gasteiger partial charge on any atom is -0.383 e. The highest BCUT2D eigenvalue weighted by Crippen LogP contribution is 2.43. The summed E-state index contributed by atoms with van der Waals surface area (Å²) in [4.78, 5) is 26.2. The van der Waals surface area contributed by atoms with E-state index >= 15 is 0 Å². The highest BCUT2D eigenvalue weighted by Gasteiger charge is 2.48. The lowest BCUT2D eigenvalue weighted by atomic mass is 9.45. The monoisotopic (exact) mass is 322 g/mol. The molecule has 0 aliphatic carbocycles. The summed E-state index contributed by atoms with van der Waals surface area (Å²) in [6.07, 6.45) is 2.74. The molecule has 2 N–H and O–H groups in total. The first-order valence-corrected chi connectivity index (χ1v) is 8.50. The van der Waals surface area contributed by atoms with Crippen molar-refractivity contribution in [3.63, 3.8) is 0 Å². The number of nitrogens with zero attached hydrogens (tertiary/aromatic N) is 2. The Hall–Kier alpha value is -2.49. The number of piperidine rings is 1. The molecular weight excluding hydrogens is 303 g/mol. The first-order chi connectivity index (χ1) is 11.6. The Labute approximate surface area is 141 Å². The third-order valence-corrected chi connectivity index (χ3v) is 5.61. The SMILES string of the molecule is N#CB1CCN(c2ccc3c(c2)NCC32CCC(=O)NC2=O)CC1. The number of amides is 2. The van der Waals surface area contributed by atoms with Crippen molar-refractivity contribution >= 4 is 29.9 Å². The van der Waals surface area contributed by atoms with Gasteiger partial charge in [0, 0.05) is 43.4 Å². The lowest BCUT2D eigenvalue weighted by Gasteiger charge is -2.32. The number of carbonyl (C=O) groups is 2. The fourth-order valence-corrected chi connectivity index (χ4v) is 4.08. The Morgan fingerprint density at radius 1 is 1.25 bits per heavy atom. The van der Waals surface area contributed by atoms with E-state index in [1.54, 1.807) is 0 Å². The van der Waals surface area contributed by atoms with E-state index in [9.17, 15) is 9.59 Å². The van der Waals surface area contributed by atoms with Crippen LogP contribution in [0.1, 0.15) is 18.4 Å². The van der Waals surface area contributed by atoms with Gasteiger partial charge in [0.2, 0.25) is 11.8 Å². The Balaban J connectivity index is 1.59. The molecule has 2 fully saturated rings. The molecule has 3 aliphatic heterocycles.